The second-order valence-electron chi connectivity index (χ2n) is 5.82. The lowest BCUT2D eigenvalue weighted by molar-refractivity contribution is 0.415. The number of methoxy groups -OCH3 is 1. The van der Waals surface area contributed by atoms with Gasteiger partial charge in [-0.1, -0.05) is 26.8 Å². The fourth-order valence-electron chi connectivity index (χ4n) is 1.82. The zero-order chi connectivity index (χ0) is 15.5. The third-order valence-corrected chi connectivity index (χ3v) is 3.00. The van der Waals surface area contributed by atoms with E-state index in [1.165, 1.54) is 0 Å². The summed E-state index contributed by atoms with van der Waals surface area (Å²) in [5.74, 6) is 3.14. The van der Waals surface area contributed by atoms with Crippen molar-refractivity contribution in [1.82, 2.24) is 9.97 Å². The monoisotopic (exact) mass is 286 g/mol. The van der Waals surface area contributed by atoms with Crippen molar-refractivity contribution in [1.29, 1.82) is 0 Å². The van der Waals surface area contributed by atoms with E-state index < -0.39 is 0 Å². The molecule has 5 nitrogen and oxygen atoms in total. The highest BCUT2D eigenvalue weighted by Crippen LogP contribution is 2.25. The van der Waals surface area contributed by atoms with Crippen LogP contribution in [0.1, 0.15) is 26.6 Å². The number of anilines is 3. The Bertz CT molecular complexity index is 620. The number of aromatic nitrogens is 2. The van der Waals surface area contributed by atoms with Gasteiger partial charge in [-0.05, 0) is 12.1 Å². The highest BCUT2D eigenvalue weighted by Gasteiger charge is 2.19. The van der Waals surface area contributed by atoms with Gasteiger partial charge in [0.1, 0.15) is 23.2 Å². The standard InChI is InChI=1S/C16H22N4O/c1-16(2,3)15-19-13(17-4)10-14(20-15)18-11-7-6-8-12(9-11)21-5/h6-10H,1-5H3,(H2,17,18,19,20). The Labute approximate surface area is 125 Å². The van der Waals surface area contributed by atoms with E-state index in [-0.39, 0.29) is 5.41 Å². The maximum absolute atomic E-state index is 5.23. The first-order chi connectivity index (χ1) is 9.92. The summed E-state index contributed by atoms with van der Waals surface area (Å²) in [6.07, 6.45) is 0. The molecule has 0 amide bonds. The fraction of sp³-hybridized carbons (Fsp3) is 0.375. The highest BCUT2D eigenvalue weighted by molar-refractivity contribution is 5.60. The Hall–Kier alpha value is -2.30. The lowest BCUT2D eigenvalue weighted by Crippen LogP contribution is -2.17. The molecule has 2 N–H and O–H groups in total. The predicted octanol–water partition coefficient (Wildman–Crippen LogP) is 3.57. The second kappa shape index (κ2) is 5.99. The molecule has 0 fully saturated rings. The van der Waals surface area contributed by atoms with Crippen LogP contribution < -0.4 is 15.4 Å². The number of benzene rings is 1. The van der Waals surface area contributed by atoms with Gasteiger partial charge in [-0.15, -0.1) is 0 Å². The number of hydrogen-bond donors (Lipinski definition) is 2. The Morgan fingerprint density at radius 1 is 1.05 bits per heavy atom. The molecule has 0 radical (unpaired) electrons. The van der Waals surface area contributed by atoms with Crippen molar-refractivity contribution in [3.05, 3.63) is 36.2 Å². The van der Waals surface area contributed by atoms with Crippen LogP contribution in [0.5, 0.6) is 5.75 Å². The van der Waals surface area contributed by atoms with Crippen molar-refractivity contribution in [3.63, 3.8) is 0 Å². The van der Waals surface area contributed by atoms with Crippen LogP contribution in [-0.2, 0) is 5.41 Å². The van der Waals surface area contributed by atoms with Crippen LogP contribution in [0.2, 0.25) is 0 Å². The molecule has 2 aromatic rings. The summed E-state index contributed by atoms with van der Waals surface area (Å²) < 4.78 is 5.23. The third-order valence-electron chi connectivity index (χ3n) is 3.00. The van der Waals surface area contributed by atoms with E-state index in [9.17, 15) is 0 Å². The molecule has 0 aliphatic carbocycles. The van der Waals surface area contributed by atoms with Crippen LogP contribution in [0.25, 0.3) is 0 Å². The molecule has 1 aromatic heterocycles. The molecule has 0 bridgehead atoms. The molecule has 2 rings (SSSR count). The molecule has 21 heavy (non-hydrogen) atoms. The molecule has 5 heteroatoms. The first-order valence-electron chi connectivity index (χ1n) is 6.91. The van der Waals surface area contributed by atoms with Crippen LogP contribution in [0.15, 0.2) is 30.3 Å². The van der Waals surface area contributed by atoms with Crippen LogP contribution in [0.3, 0.4) is 0 Å². The Balaban J connectivity index is 2.34. The van der Waals surface area contributed by atoms with Crippen molar-refractivity contribution < 1.29 is 4.74 Å². The molecule has 0 spiro atoms. The topological polar surface area (TPSA) is 59.1 Å². The molecule has 1 heterocycles. The Morgan fingerprint density at radius 2 is 1.76 bits per heavy atom. The molecule has 0 saturated carbocycles. The predicted molar refractivity (Wildman–Crippen MR) is 86.6 cm³/mol. The van der Waals surface area contributed by atoms with E-state index in [0.717, 1.165) is 28.9 Å². The largest absolute Gasteiger partial charge is 0.497 e. The lowest BCUT2D eigenvalue weighted by atomic mass is 9.96. The fourth-order valence-corrected chi connectivity index (χ4v) is 1.82. The van der Waals surface area contributed by atoms with E-state index in [2.05, 4.69) is 41.4 Å². The molecule has 1 aromatic carbocycles. The minimum absolute atomic E-state index is 0.113. The molecular formula is C16H22N4O. The average molecular weight is 286 g/mol. The highest BCUT2D eigenvalue weighted by atomic mass is 16.5. The third kappa shape index (κ3) is 3.84. The number of ether oxygens (including phenoxy) is 1. The van der Waals surface area contributed by atoms with Crippen LogP contribution in [0.4, 0.5) is 17.3 Å². The first kappa shape index (κ1) is 15.1. The molecule has 0 saturated heterocycles. The summed E-state index contributed by atoms with van der Waals surface area (Å²) in [5.41, 5.74) is 0.812. The van der Waals surface area contributed by atoms with E-state index in [4.69, 9.17) is 4.74 Å². The zero-order valence-electron chi connectivity index (χ0n) is 13.2. The second-order valence-corrected chi connectivity index (χ2v) is 5.82. The van der Waals surface area contributed by atoms with E-state index in [1.54, 1.807) is 7.11 Å². The van der Waals surface area contributed by atoms with Gasteiger partial charge in [0.05, 0.1) is 7.11 Å². The molecule has 0 aliphatic rings. The SMILES string of the molecule is CNc1cc(Nc2cccc(OC)c2)nc(C(C)(C)C)n1. The van der Waals surface area contributed by atoms with E-state index in [1.807, 2.05) is 37.4 Å². The van der Waals surface area contributed by atoms with Crippen LogP contribution >= 0.6 is 0 Å². The number of rotatable bonds is 4. The molecule has 0 unspecified atom stereocenters. The molecule has 0 atom stereocenters. The van der Waals surface area contributed by atoms with Crippen LogP contribution in [0, 0.1) is 0 Å². The van der Waals surface area contributed by atoms with Gasteiger partial charge in [0.2, 0.25) is 0 Å². The van der Waals surface area contributed by atoms with Gasteiger partial charge in [0, 0.05) is 30.3 Å². The number of nitrogens with one attached hydrogen (secondary N) is 2. The smallest absolute Gasteiger partial charge is 0.138 e. The van der Waals surface area contributed by atoms with Gasteiger partial charge in [-0.2, -0.15) is 0 Å². The maximum Gasteiger partial charge on any atom is 0.138 e. The van der Waals surface area contributed by atoms with Crippen molar-refractivity contribution in [2.75, 3.05) is 24.8 Å². The Morgan fingerprint density at radius 3 is 2.38 bits per heavy atom. The molecular weight excluding hydrogens is 264 g/mol. The quantitative estimate of drug-likeness (QED) is 0.900. The van der Waals surface area contributed by atoms with Gasteiger partial charge in [-0.25, -0.2) is 9.97 Å². The summed E-state index contributed by atoms with van der Waals surface area (Å²) in [7, 11) is 3.50. The normalized spacial score (nSPS) is 11.1. The summed E-state index contributed by atoms with van der Waals surface area (Å²) in [5, 5.41) is 6.37. The van der Waals surface area contributed by atoms with E-state index >= 15 is 0 Å². The minimum Gasteiger partial charge on any atom is -0.497 e. The average Bonchev–Trinajstić information content (AvgIpc) is 2.46. The van der Waals surface area contributed by atoms with Gasteiger partial charge in [0.25, 0.3) is 0 Å². The van der Waals surface area contributed by atoms with Crippen molar-refractivity contribution in [2.45, 2.75) is 26.2 Å². The Kier molecular flexibility index (Phi) is 4.31. The van der Waals surface area contributed by atoms with Crippen molar-refractivity contribution >= 4 is 17.3 Å². The first-order valence-corrected chi connectivity index (χ1v) is 6.91. The van der Waals surface area contributed by atoms with Crippen molar-refractivity contribution in [2.24, 2.45) is 0 Å². The molecule has 0 aliphatic heterocycles. The molecule has 112 valence electrons. The lowest BCUT2D eigenvalue weighted by Gasteiger charge is -2.19. The zero-order valence-corrected chi connectivity index (χ0v) is 13.2. The summed E-state index contributed by atoms with van der Waals surface area (Å²) >= 11 is 0. The number of nitrogens with zero attached hydrogens (tertiary/aromatic N) is 2. The number of hydrogen-bond acceptors (Lipinski definition) is 5. The summed E-state index contributed by atoms with van der Waals surface area (Å²) in [4.78, 5) is 9.11. The van der Waals surface area contributed by atoms with Crippen LogP contribution in [-0.4, -0.2) is 24.1 Å². The van der Waals surface area contributed by atoms with Gasteiger partial charge in [-0.3, -0.25) is 0 Å². The summed E-state index contributed by atoms with van der Waals surface area (Å²) in [6, 6.07) is 9.63. The van der Waals surface area contributed by atoms with Gasteiger partial charge in [0.15, 0.2) is 0 Å². The van der Waals surface area contributed by atoms with Gasteiger partial charge >= 0.3 is 0 Å². The van der Waals surface area contributed by atoms with Gasteiger partial charge < -0.3 is 15.4 Å². The minimum atomic E-state index is -0.113. The maximum atomic E-state index is 5.23. The summed E-state index contributed by atoms with van der Waals surface area (Å²) in [6.45, 7) is 6.28. The van der Waals surface area contributed by atoms with E-state index in [0.29, 0.717) is 0 Å². The van der Waals surface area contributed by atoms with Crippen molar-refractivity contribution in [3.8, 4) is 5.75 Å².